The monoisotopic (exact) mass is 409 g/mol. The third kappa shape index (κ3) is 5.38. The SMILES string of the molecule is COC(=O)[C@@H](Cc1ccccc1)NC(=O)Cn1nc(-c2ccc(F)cc2)ccc1=O. The van der Waals surface area contributed by atoms with Crippen LogP contribution in [0, 0.1) is 5.82 Å². The van der Waals surface area contributed by atoms with E-state index in [0.29, 0.717) is 11.3 Å². The van der Waals surface area contributed by atoms with Gasteiger partial charge in [-0.05, 0) is 35.9 Å². The maximum absolute atomic E-state index is 13.1. The molecule has 0 unspecified atom stereocenters. The molecule has 0 radical (unpaired) electrons. The molecule has 0 aliphatic carbocycles. The summed E-state index contributed by atoms with van der Waals surface area (Å²) in [4.78, 5) is 36.7. The first-order chi connectivity index (χ1) is 14.5. The second kappa shape index (κ2) is 9.60. The molecule has 30 heavy (non-hydrogen) atoms. The maximum Gasteiger partial charge on any atom is 0.328 e. The number of carbonyl (C=O) groups excluding carboxylic acids is 2. The van der Waals surface area contributed by atoms with E-state index in [4.69, 9.17) is 4.74 Å². The number of hydrogen-bond donors (Lipinski definition) is 1. The molecule has 1 N–H and O–H groups in total. The van der Waals surface area contributed by atoms with Gasteiger partial charge in [-0.15, -0.1) is 0 Å². The van der Waals surface area contributed by atoms with Gasteiger partial charge < -0.3 is 10.1 Å². The van der Waals surface area contributed by atoms with Gasteiger partial charge in [0, 0.05) is 18.1 Å². The van der Waals surface area contributed by atoms with Crippen molar-refractivity contribution in [1.29, 1.82) is 0 Å². The van der Waals surface area contributed by atoms with E-state index < -0.39 is 29.3 Å². The van der Waals surface area contributed by atoms with Gasteiger partial charge in [0.25, 0.3) is 5.56 Å². The van der Waals surface area contributed by atoms with E-state index in [0.717, 1.165) is 10.2 Å². The Morgan fingerprint density at radius 1 is 1.07 bits per heavy atom. The number of halogens is 1. The Morgan fingerprint density at radius 2 is 1.77 bits per heavy atom. The Labute approximate surface area is 172 Å². The smallest absolute Gasteiger partial charge is 0.328 e. The molecule has 7 nitrogen and oxygen atoms in total. The summed E-state index contributed by atoms with van der Waals surface area (Å²) in [7, 11) is 1.24. The minimum Gasteiger partial charge on any atom is -0.467 e. The molecule has 1 amide bonds. The first-order valence-corrected chi connectivity index (χ1v) is 9.21. The van der Waals surface area contributed by atoms with Gasteiger partial charge in [0.2, 0.25) is 5.91 Å². The van der Waals surface area contributed by atoms with Crippen LogP contribution in [0.1, 0.15) is 5.56 Å². The topological polar surface area (TPSA) is 90.3 Å². The number of ether oxygens (including phenoxy) is 1. The van der Waals surface area contributed by atoms with Crippen LogP contribution in [0.15, 0.2) is 71.5 Å². The molecule has 1 heterocycles. The zero-order chi connectivity index (χ0) is 21.5. The summed E-state index contributed by atoms with van der Waals surface area (Å²) < 4.78 is 18.9. The van der Waals surface area contributed by atoms with Crippen LogP contribution < -0.4 is 10.9 Å². The Morgan fingerprint density at radius 3 is 2.43 bits per heavy atom. The highest BCUT2D eigenvalue weighted by molar-refractivity contribution is 5.84. The maximum atomic E-state index is 13.1. The van der Waals surface area contributed by atoms with E-state index >= 15 is 0 Å². The van der Waals surface area contributed by atoms with E-state index in [1.165, 1.54) is 43.5 Å². The first-order valence-electron chi connectivity index (χ1n) is 9.21. The summed E-state index contributed by atoms with van der Waals surface area (Å²) in [6.07, 6.45) is 0.247. The molecule has 1 atom stereocenters. The fourth-order valence-corrected chi connectivity index (χ4v) is 2.90. The number of hydrogen-bond acceptors (Lipinski definition) is 5. The number of methoxy groups -OCH3 is 1. The minimum absolute atomic E-state index is 0.247. The van der Waals surface area contributed by atoms with Crippen LogP contribution in [0.4, 0.5) is 4.39 Å². The number of benzene rings is 2. The third-order valence-electron chi connectivity index (χ3n) is 4.40. The molecule has 1 aromatic heterocycles. The average molecular weight is 409 g/mol. The van der Waals surface area contributed by atoms with Crippen molar-refractivity contribution in [1.82, 2.24) is 15.1 Å². The standard InChI is InChI=1S/C22H20FN3O4/c1-30-22(29)19(13-15-5-3-2-4-6-15)24-20(27)14-26-21(28)12-11-18(25-26)16-7-9-17(23)10-8-16/h2-12,19H,13-14H2,1H3,(H,24,27)/t19-/m1/s1. The van der Waals surface area contributed by atoms with Gasteiger partial charge in [-0.1, -0.05) is 30.3 Å². The van der Waals surface area contributed by atoms with Crippen molar-refractivity contribution < 1.29 is 18.7 Å². The lowest BCUT2D eigenvalue weighted by Gasteiger charge is -2.17. The highest BCUT2D eigenvalue weighted by Gasteiger charge is 2.22. The van der Waals surface area contributed by atoms with Crippen molar-refractivity contribution in [3.63, 3.8) is 0 Å². The molecule has 0 saturated carbocycles. The molecular weight excluding hydrogens is 389 g/mol. The highest BCUT2D eigenvalue weighted by Crippen LogP contribution is 2.15. The van der Waals surface area contributed by atoms with Gasteiger partial charge in [0.05, 0.1) is 12.8 Å². The van der Waals surface area contributed by atoms with E-state index in [9.17, 15) is 18.8 Å². The first kappa shape index (κ1) is 20.9. The van der Waals surface area contributed by atoms with Crippen LogP contribution in [0.25, 0.3) is 11.3 Å². The molecule has 0 aliphatic rings. The lowest BCUT2D eigenvalue weighted by atomic mass is 10.1. The summed E-state index contributed by atoms with van der Waals surface area (Å²) in [5.74, 6) is -1.54. The number of nitrogens with zero attached hydrogens (tertiary/aromatic N) is 2. The summed E-state index contributed by atoms with van der Waals surface area (Å²) >= 11 is 0. The average Bonchev–Trinajstić information content (AvgIpc) is 2.75. The normalized spacial score (nSPS) is 11.5. The molecule has 2 aromatic carbocycles. The molecule has 0 saturated heterocycles. The Kier molecular flexibility index (Phi) is 6.69. The fourth-order valence-electron chi connectivity index (χ4n) is 2.90. The van der Waals surface area contributed by atoms with Crippen molar-refractivity contribution in [2.24, 2.45) is 0 Å². The lowest BCUT2D eigenvalue weighted by molar-refractivity contribution is -0.145. The molecule has 8 heteroatoms. The van der Waals surface area contributed by atoms with Gasteiger partial charge in [-0.2, -0.15) is 5.10 Å². The lowest BCUT2D eigenvalue weighted by Crippen LogP contribution is -2.45. The molecule has 0 fully saturated rings. The zero-order valence-corrected chi connectivity index (χ0v) is 16.2. The van der Waals surface area contributed by atoms with Crippen LogP contribution in [0.2, 0.25) is 0 Å². The van der Waals surface area contributed by atoms with Crippen molar-refractivity contribution in [3.8, 4) is 11.3 Å². The summed E-state index contributed by atoms with van der Waals surface area (Å²) in [6.45, 7) is -0.379. The number of nitrogens with one attached hydrogen (secondary N) is 1. The van der Waals surface area contributed by atoms with Crippen molar-refractivity contribution >= 4 is 11.9 Å². The van der Waals surface area contributed by atoms with Crippen LogP contribution in [0.3, 0.4) is 0 Å². The van der Waals surface area contributed by atoms with E-state index in [1.807, 2.05) is 30.3 Å². The molecule has 0 aliphatic heterocycles. The number of rotatable bonds is 7. The second-order valence-electron chi connectivity index (χ2n) is 6.55. The molecule has 0 spiro atoms. The van der Waals surface area contributed by atoms with Crippen LogP contribution >= 0.6 is 0 Å². The zero-order valence-electron chi connectivity index (χ0n) is 16.2. The molecule has 154 valence electrons. The number of aromatic nitrogens is 2. The Hall–Kier alpha value is -3.81. The van der Waals surface area contributed by atoms with Crippen molar-refractivity contribution in [2.45, 2.75) is 19.0 Å². The Bertz CT molecular complexity index is 1080. The summed E-state index contributed by atoms with van der Waals surface area (Å²) in [6, 6.07) is 16.7. The summed E-state index contributed by atoms with van der Waals surface area (Å²) in [5.41, 5.74) is 1.38. The summed E-state index contributed by atoms with van der Waals surface area (Å²) in [5, 5.41) is 6.77. The van der Waals surface area contributed by atoms with Crippen LogP contribution in [-0.4, -0.2) is 34.8 Å². The van der Waals surface area contributed by atoms with E-state index in [2.05, 4.69) is 10.4 Å². The minimum atomic E-state index is -0.902. The van der Waals surface area contributed by atoms with Gasteiger partial charge in [0.1, 0.15) is 18.4 Å². The van der Waals surface area contributed by atoms with E-state index in [1.54, 1.807) is 0 Å². The van der Waals surface area contributed by atoms with Crippen LogP contribution in [-0.2, 0) is 27.3 Å². The van der Waals surface area contributed by atoms with Gasteiger partial charge >= 0.3 is 5.97 Å². The van der Waals surface area contributed by atoms with Gasteiger partial charge in [-0.25, -0.2) is 13.9 Å². The largest absolute Gasteiger partial charge is 0.467 e. The van der Waals surface area contributed by atoms with Crippen LogP contribution in [0.5, 0.6) is 0 Å². The van der Waals surface area contributed by atoms with Crippen molar-refractivity contribution in [2.75, 3.05) is 7.11 Å². The number of amides is 1. The Balaban J connectivity index is 1.75. The van der Waals surface area contributed by atoms with Gasteiger partial charge in [0.15, 0.2) is 0 Å². The predicted octanol–water partition coefficient (Wildman–Crippen LogP) is 1.95. The molecular formula is C22H20FN3O4. The van der Waals surface area contributed by atoms with E-state index in [-0.39, 0.29) is 13.0 Å². The second-order valence-corrected chi connectivity index (χ2v) is 6.55. The third-order valence-corrected chi connectivity index (χ3v) is 4.40. The number of esters is 1. The highest BCUT2D eigenvalue weighted by atomic mass is 19.1. The number of carbonyl (C=O) groups is 2. The molecule has 3 aromatic rings. The quantitative estimate of drug-likeness (QED) is 0.603. The molecule has 3 rings (SSSR count). The van der Waals surface area contributed by atoms with Crippen molar-refractivity contribution in [3.05, 3.63) is 88.5 Å². The molecule has 0 bridgehead atoms. The fraction of sp³-hybridized carbons (Fsp3) is 0.182. The van der Waals surface area contributed by atoms with Gasteiger partial charge in [-0.3, -0.25) is 9.59 Å². The predicted molar refractivity (Wildman–Crippen MR) is 108 cm³/mol.